The van der Waals surface area contributed by atoms with Crippen molar-refractivity contribution >= 4 is 23.3 Å². The quantitative estimate of drug-likeness (QED) is 0.722. The molecule has 1 aliphatic rings. The Balaban J connectivity index is 1.79. The van der Waals surface area contributed by atoms with E-state index in [-0.39, 0.29) is 12.1 Å². The molecule has 0 unspecified atom stereocenters. The van der Waals surface area contributed by atoms with E-state index in [4.69, 9.17) is 15.2 Å². The highest BCUT2D eigenvalue weighted by molar-refractivity contribution is 5.89. The van der Waals surface area contributed by atoms with Gasteiger partial charge >= 0.3 is 0 Å². The smallest absolute Gasteiger partial charge is 0.245 e. The first kappa shape index (κ1) is 16.4. The highest BCUT2D eigenvalue weighted by Gasteiger charge is 2.19. The Labute approximate surface area is 150 Å². The standard InChI is InChI=1S/C19H18N4O3/c20-19-22-16-6-5-15(14-4-2-1-3-12(14)11-24)21-17(16)18(23-19)26-13-7-9-25-10-8-13/h1-6,11,13H,7-10H2,(H2,20,22,23). The Hall–Kier alpha value is -3.06. The van der Waals surface area contributed by atoms with Crippen molar-refractivity contribution < 1.29 is 14.3 Å². The van der Waals surface area contributed by atoms with Crippen LogP contribution >= 0.6 is 0 Å². The monoisotopic (exact) mass is 350 g/mol. The third-order valence-electron chi connectivity index (χ3n) is 4.34. The maximum absolute atomic E-state index is 11.3. The van der Waals surface area contributed by atoms with Crippen LogP contribution in [0.3, 0.4) is 0 Å². The SMILES string of the molecule is Nc1nc(OC2CCOCC2)c2nc(-c3ccccc3C=O)ccc2n1. The van der Waals surface area contributed by atoms with E-state index in [1.165, 1.54) is 0 Å². The number of fused-ring (bicyclic) bond motifs is 1. The molecule has 3 aromatic rings. The van der Waals surface area contributed by atoms with Crippen molar-refractivity contribution in [1.82, 2.24) is 15.0 Å². The van der Waals surface area contributed by atoms with Gasteiger partial charge in [0.1, 0.15) is 6.10 Å². The Morgan fingerprint density at radius 3 is 2.69 bits per heavy atom. The Morgan fingerprint density at radius 1 is 1.08 bits per heavy atom. The molecule has 2 aromatic heterocycles. The number of carbonyl (C=O) groups excluding carboxylic acids is 1. The number of nitrogen functional groups attached to an aromatic ring is 1. The van der Waals surface area contributed by atoms with Gasteiger partial charge in [-0.1, -0.05) is 24.3 Å². The lowest BCUT2D eigenvalue weighted by atomic mass is 10.0. The summed E-state index contributed by atoms with van der Waals surface area (Å²) >= 11 is 0. The van der Waals surface area contributed by atoms with Crippen LogP contribution in [0.5, 0.6) is 5.88 Å². The molecule has 7 heteroatoms. The summed E-state index contributed by atoms with van der Waals surface area (Å²) in [7, 11) is 0. The molecule has 0 spiro atoms. The topological polar surface area (TPSA) is 100 Å². The van der Waals surface area contributed by atoms with E-state index in [2.05, 4.69) is 15.0 Å². The number of anilines is 1. The molecule has 0 saturated carbocycles. The van der Waals surface area contributed by atoms with Gasteiger partial charge in [0.25, 0.3) is 0 Å². The molecular weight excluding hydrogens is 332 g/mol. The lowest BCUT2D eigenvalue weighted by Gasteiger charge is -2.23. The van der Waals surface area contributed by atoms with Crippen LogP contribution in [0.25, 0.3) is 22.3 Å². The van der Waals surface area contributed by atoms with Crippen LogP contribution in [0.15, 0.2) is 36.4 Å². The molecule has 0 radical (unpaired) electrons. The van der Waals surface area contributed by atoms with Crippen molar-refractivity contribution in [1.29, 1.82) is 0 Å². The van der Waals surface area contributed by atoms with Gasteiger partial charge in [0.15, 0.2) is 11.8 Å². The molecule has 3 heterocycles. The second-order valence-corrected chi connectivity index (χ2v) is 6.09. The third-order valence-corrected chi connectivity index (χ3v) is 4.34. The van der Waals surface area contributed by atoms with Crippen molar-refractivity contribution in [3.63, 3.8) is 0 Å². The number of aldehydes is 1. The summed E-state index contributed by atoms with van der Waals surface area (Å²) in [5.41, 5.74) is 8.94. The first-order valence-corrected chi connectivity index (χ1v) is 8.48. The molecule has 2 N–H and O–H groups in total. The highest BCUT2D eigenvalue weighted by atomic mass is 16.5. The first-order chi connectivity index (χ1) is 12.7. The number of aromatic nitrogens is 3. The van der Waals surface area contributed by atoms with Gasteiger partial charge in [0.2, 0.25) is 11.8 Å². The second-order valence-electron chi connectivity index (χ2n) is 6.09. The number of ether oxygens (including phenoxy) is 2. The average molecular weight is 350 g/mol. The van der Waals surface area contributed by atoms with Crippen LogP contribution in [-0.2, 0) is 4.74 Å². The fraction of sp³-hybridized carbons (Fsp3) is 0.263. The van der Waals surface area contributed by atoms with Crippen LogP contribution in [0.2, 0.25) is 0 Å². The number of rotatable bonds is 4. The molecule has 0 atom stereocenters. The number of benzene rings is 1. The lowest BCUT2D eigenvalue weighted by Crippen LogP contribution is -2.26. The Morgan fingerprint density at radius 2 is 1.88 bits per heavy atom. The normalized spacial score (nSPS) is 15.1. The van der Waals surface area contributed by atoms with Crippen molar-refractivity contribution in [2.75, 3.05) is 18.9 Å². The summed E-state index contributed by atoms with van der Waals surface area (Å²) < 4.78 is 11.4. The van der Waals surface area contributed by atoms with Crippen molar-refractivity contribution in [2.24, 2.45) is 0 Å². The number of pyridine rings is 1. The fourth-order valence-electron chi connectivity index (χ4n) is 3.02. The van der Waals surface area contributed by atoms with Gasteiger partial charge in [-0.2, -0.15) is 4.98 Å². The summed E-state index contributed by atoms with van der Waals surface area (Å²) in [6.45, 7) is 1.32. The largest absolute Gasteiger partial charge is 0.473 e. The Bertz CT molecular complexity index is 955. The number of nitrogens with two attached hydrogens (primary N) is 1. The van der Waals surface area contributed by atoms with E-state index in [1.807, 2.05) is 30.3 Å². The van der Waals surface area contributed by atoms with Crippen LogP contribution in [-0.4, -0.2) is 40.6 Å². The van der Waals surface area contributed by atoms with E-state index < -0.39 is 0 Å². The highest BCUT2D eigenvalue weighted by Crippen LogP contribution is 2.28. The van der Waals surface area contributed by atoms with Crippen LogP contribution in [0.1, 0.15) is 23.2 Å². The van der Waals surface area contributed by atoms with E-state index in [0.29, 0.717) is 41.4 Å². The van der Waals surface area contributed by atoms with Crippen LogP contribution in [0, 0.1) is 0 Å². The predicted molar refractivity (Wildman–Crippen MR) is 97.0 cm³/mol. The molecule has 132 valence electrons. The van der Waals surface area contributed by atoms with Crippen LogP contribution in [0.4, 0.5) is 5.95 Å². The first-order valence-electron chi connectivity index (χ1n) is 8.48. The maximum Gasteiger partial charge on any atom is 0.245 e. The molecule has 0 amide bonds. The zero-order chi connectivity index (χ0) is 17.9. The lowest BCUT2D eigenvalue weighted by molar-refractivity contribution is 0.0244. The third kappa shape index (κ3) is 3.21. The summed E-state index contributed by atoms with van der Waals surface area (Å²) in [6.07, 6.45) is 2.41. The zero-order valence-corrected chi connectivity index (χ0v) is 14.1. The van der Waals surface area contributed by atoms with E-state index in [0.717, 1.165) is 24.7 Å². The maximum atomic E-state index is 11.3. The molecule has 1 fully saturated rings. The van der Waals surface area contributed by atoms with Crippen LogP contribution < -0.4 is 10.5 Å². The van der Waals surface area contributed by atoms with Gasteiger partial charge in [0, 0.05) is 24.0 Å². The second kappa shape index (κ2) is 7.05. The summed E-state index contributed by atoms with van der Waals surface area (Å²) in [4.78, 5) is 24.5. The number of carbonyl (C=O) groups is 1. The molecule has 7 nitrogen and oxygen atoms in total. The summed E-state index contributed by atoms with van der Waals surface area (Å²) in [5.74, 6) is 0.507. The van der Waals surface area contributed by atoms with Gasteiger partial charge in [0.05, 0.1) is 24.4 Å². The molecule has 1 aromatic carbocycles. The molecule has 0 bridgehead atoms. The molecule has 4 rings (SSSR count). The van der Waals surface area contributed by atoms with E-state index in [9.17, 15) is 4.79 Å². The van der Waals surface area contributed by atoms with E-state index in [1.54, 1.807) is 6.07 Å². The minimum atomic E-state index is 0.00830. The minimum Gasteiger partial charge on any atom is -0.473 e. The number of hydrogen-bond donors (Lipinski definition) is 1. The Kier molecular flexibility index (Phi) is 4.45. The van der Waals surface area contributed by atoms with Gasteiger partial charge in [-0.15, -0.1) is 0 Å². The van der Waals surface area contributed by atoms with Gasteiger partial charge in [-0.25, -0.2) is 9.97 Å². The van der Waals surface area contributed by atoms with Crippen molar-refractivity contribution in [2.45, 2.75) is 18.9 Å². The minimum absolute atomic E-state index is 0.00830. The predicted octanol–water partition coefficient (Wildman–Crippen LogP) is 2.64. The van der Waals surface area contributed by atoms with E-state index >= 15 is 0 Å². The molecule has 0 aliphatic carbocycles. The van der Waals surface area contributed by atoms with Gasteiger partial charge in [-0.05, 0) is 12.1 Å². The zero-order valence-electron chi connectivity index (χ0n) is 14.1. The summed E-state index contributed by atoms with van der Waals surface area (Å²) in [5, 5.41) is 0. The van der Waals surface area contributed by atoms with Crippen molar-refractivity contribution in [3.05, 3.63) is 42.0 Å². The molecule has 1 saturated heterocycles. The van der Waals surface area contributed by atoms with Gasteiger partial charge < -0.3 is 15.2 Å². The average Bonchev–Trinajstić information content (AvgIpc) is 2.68. The molecule has 1 aliphatic heterocycles. The van der Waals surface area contributed by atoms with Gasteiger partial charge in [-0.3, -0.25) is 4.79 Å². The summed E-state index contributed by atoms with van der Waals surface area (Å²) in [6, 6.07) is 10.9. The molecule has 26 heavy (non-hydrogen) atoms. The number of hydrogen-bond acceptors (Lipinski definition) is 7. The van der Waals surface area contributed by atoms with Crippen molar-refractivity contribution in [3.8, 4) is 17.1 Å². The number of nitrogens with zero attached hydrogens (tertiary/aromatic N) is 3. The molecular formula is C19H18N4O3. The fourth-order valence-corrected chi connectivity index (χ4v) is 3.02.